The molecule has 0 N–H and O–H groups in total. The summed E-state index contributed by atoms with van der Waals surface area (Å²) in [5.41, 5.74) is 4.48. The molecule has 0 saturated carbocycles. The van der Waals surface area contributed by atoms with E-state index in [1.54, 1.807) is 0 Å². The molecule has 0 atom stereocenters. The largest absolute Gasteiger partial charge is 0.476 e. The monoisotopic (exact) mass is 377 g/mol. The lowest BCUT2D eigenvalue weighted by Crippen LogP contribution is -2.22. The van der Waals surface area contributed by atoms with E-state index in [0.29, 0.717) is 18.1 Å². The third-order valence-corrected chi connectivity index (χ3v) is 4.81. The number of nitrogens with zero attached hydrogens (tertiary/aromatic N) is 3. The standard InChI is InChI=1S/C23H27N3O2/c1-5-25(6-2)20-14-13-18(17(4)15-20)16-21-22(28-7-3)24-26(23(21)27)19-11-9-8-10-12-19/h8-16H,5-7H2,1-4H3. The van der Waals surface area contributed by atoms with Crippen LogP contribution in [-0.4, -0.2) is 31.5 Å². The molecule has 1 amide bonds. The summed E-state index contributed by atoms with van der Waals surface area (Å²) < 4.78 is 5.66. The molecule has 0 spiro atoms. The molecule has 1 aliphatic heterocycles. The zero-order valence-electron chi connectivity index (χ0n) is 17.0. The van der Waals surface area contributed by atoms with E-state index in [9.17, 15) is 4.79 Å². The molecule has 28 heavy (non-hydrogen) atoms. The van der Waals surface area contributed by atoms with Gasteiger partial charge in [-0.15, -0.1) is 5.10 Å². The number of amides is 1. The third kappa shape index (κ3) is 3.93. The molecule has 146 valence electrons. The first-order valence-corrected chi connectivity index (χ1v) is 9.77. The van der Waals surface area contributed by atoms with E-state index in [4.69, 9.17) is 4.74 Å². The van der Waals surface area contributed by atoms with E-state index in [-0.39, 0.29) is 5.91 Å². The van der Waals surface area contributed by atoms with E-state index >= 15 is 0 Å². The number of anilines is 2. The number of hydrazone groups is 1. The Balaban J connectivity index is 1.96. The predicted octanol–water partition coefficient (Wildman–Crippen LogP) is 4.62. The molecule has 1 aliphatic rings. The molecule has 3 rings (SSSR count). The fraction of sp³-hybridized carbons (Fsp3) is 0.304. The minimum Gasteiger partial charge on any atom is -0.476 e. The zero-order valence-corrected chi connectivity index (χ0v) is 17.0. The molecule has 0 saturated heterocycles. The molecule has 1 heterocycles. The second-order valence-corrected chi connectivity index (χ2v) is 6.56. The molecule has 0 bridgehead atoms. The molecule has 0 aliphatic carbocycles. The number of carbonyl (C=O) groups excluding carboxylic acids is 1. The molecular formula is C23H27N3O2. The summed E-state index contributed by atoms with van der Waals surface area (Å²) in [5.74, 6) is 0.186. The van der Waals surface area contributed by atoms with Crippen LogP contribution in [0.4, 0.5) is 11.4 Å². The molecular weight excluding hydrogens is 350 g/mol. The van der Waals surface area contributed by atoms with Gasteiger partial charge in [-0.05, 0) is 69.2 Å². The average molecular weight is 377 g/mol. The highest BCUT2D eigenvalue weighted by Crippen LogP contribution is 2.27. The number of hydrogen-bond acceptors (Lipinski definition) is 4. The van der Waals surface area contributed by atoms with Crippen molar-refractivity contribution in [2.45, 2.75) is 27.7 Å². The first-order chi connectivity index (χ1) is 13.6. The fourth-order valence-electron chi connectivity index (χ4n) is 3.27. The Hall–Kier alpha value is -3.08. The smallest absolute Gasteiger partial charge is 0.284 e. The summed E-state index contributed by atoms with van der Waals surface area (Å²) in [6.07, 6.45) is 1.88. The van der Waals surface area contributed by atoms with E-state index in [2.05, 4.69) is 49.0 Å². The average Bonchev–Trinajstić information content (AvgIpc) is 3.01. The van der Waals surface area contributed by atoms with Crippen molar-refractivity contribution in [3.05, 3.63) is 65.2 Å². The third-order valence-electron chi connectivity index (χ3n) is 4.81. The zero-order chi connectivity index (χ0) is 20.1. The van der Waals surface area contributed by atoms with Crippen molar-refractivity contribution in [1.82, 2.24) is 0 Å². The number of para-hydroxylation sites is 1. The van der Waals surface area contributed by atoms with Gasteiger partial charge < -0.3 is 9.64 Å². The van der Waals surface area contributed by atoms with Crippen LogP contribution in [0.2, 0.25) is 0 Å². The van der Waals surface area contributed by atoms with Gasteiger partial charge in [0.05, 0.1) is 12.3 Å². The maximum absolute atomic E-state index is 13.0. The van der Waals surface area contributed by atoms with Crippen LogP contribution in [0.1, 0.15) is 31.9 Å². The Morgan fingerprint density at radius 3 is 2.39 bits per heavy atom. The number of carbonyl (C=O) groups is 1. The highest BCUT2D eigenvalue weighted by atomic mass is 16.5. The van der Waals surface area contributed by atoms with Gasteiger partial charge in [0.1, 0.15) is 5.57 Å². The lowest BCUT2D eigenvalue weighted by atomic mass is 10.0. The Kier molecular flexibility index (Phi) is 6.14. The van der Waals surface area contributed by atoms with Crippen molar-refractivity contribution in [2.24, 2.45) is 5.10 Å². The van der Waals surface area contributed by atoms with Gasteiger partial charge in [-0.25, -0.2) is 0 Å². The van der Waals surface area contributed by atoms with Crippen LogP contribution in [0, 0.1) is 6.92 Å². The topological polar surface area (TPSA) is 45.1 Å². The van der Waals surface area contributed by atoms with Crippen molar-refractivity contribution in [3.63, 3.8) is 0 Å². The summed E-state index contributed by atoms with van der Waals surface area (Å²) in [6, 6.07) is 15.7. The van der Waals surface area contributed by atoms with E-state index in [1.165, 1.54) is 10.7 Å². The summed E-state index contributed by atoms with van der Waals surface area (Å²) in [7, 11) is 0. The number of aryl methyl sites for hydroxylation is 1. The molecule has 5 nitrogen and oxygen atoms in total. The van der Waals surface area contributed by atoms with Crippen LogP contribution in [-0.2, 0) is 9.53 Å². The molecule has 2 aromatic carbocycles. The minimum atomic E-state index is -0.179. The number of hydrogen-bond donors (Lipinski definition) is 0. The van der Waals surface area contributed by atoms with Gasteiger partial charge >= 0.3 is 0 Å². The van der Waals surface area contributed by atoms with Crippen LogP contribution < -0.4 is 9.91 Å². The van der Waals surface area contributed by atoms with Crippen molar-refractivity contribution < 1.29 is 9.53 Å². The Morgan fingerprint density at radius 1 is 1.07 bits per heavy atom. The maximum Gasteiger partial charge on any atom is 0.284 e. The maximum atomic E-state index is 13.0. The van der Waals surface area contributed by atoms with Gasteiger partial charge in [0.2, 0.25) is 5.90 Å². The summed E-state index contributed by atoms with van der Waals surface area (Å²) >= 11 is 0. The predicted molar refractivity (Wildman–Crippen MR) is 116 cm³/mol. The van der Waals surface area contributed by atoms with Crippen molar-refractivity contribution in [1.29, 1.82) is 0 Å². The van der Waals surface area contributed by atoms with Gasteiger partial charge in [-0.3, -0.25) is 4.79 Å². The highest BCUT2D eigenvalue weighted by molar-refractivity contribution is 6.30. The molecule has 5 heteroatoms. The van der Waals surface area contributed by atoms with Crippen molar-refractivity contribution in [2.75, 3.05) is 29.6 Å². The SMILES string of the molecule is CCOC1=NN(c2ccccc2)C(=O)C1=Cc1ccc(N(CC)CC)cc1C. The van der Waals surface area contributed by atoms with Gasteiger partial charge in [0, 0.05) is 18.8 Å². The summed E-state index contributed by atoms with van der Waals surface area (Å²) in [4.78, 5) is 15.3. The first-order valence-electron chi connectivity index (χ1n) is 9.77. The Bertz CT molecular complexity index is 899. The lowest BCUT2D eigenvalue weighted by molar-refractivity contribution is -0.114. The number of benzene rings is 2. The molecule has 0 aromatic heterocycles. The second kappa shape index (κ2) is 8.74. The van der Waals surface area contributed by atoms with Gasteiger partial charge in [0.25, 0.3) is 5.91 Å². The van der Waals surface area contributed by atoms with Gasteiger partial charge in [-0.1, -0.05) is 24.3 Å². The molecule has 0 fully saturated rings. The Labute approximate surface area is 166 Å². The minimum absolute atomic E-state index is 0.179. The van der Waals surface area contributed by atoms with Crippen LogP contribution in [0.25, 0.3) is 6.08 Å². The molecule has 0 unspecified atom stereocenters. The van der Waals surface area contributed by atoms with E-state index in [1.807, 2.05) is 43.3 Å². The quantitative estimate of drug-likeness (QED) is 0.690. The normalized spacial score (nSPS) is 15.1. The number of rotatable bonds is 6. The lowest BCUT2D eigenvalue weighted by Gasteiger charge is -2.22. The van der Waals surface area contributed by atoms with E-state index in [0.717, 1.165) is 29.9 Å². The summed E-state index contributed by atoms with van der Waals surface area (Å²) in [5, 5.41) is 5.81. The van der Waals surface area contributed by atoms with Gasteiger partial charge in [0.15, 0.2) is 0 Å². The molecule has 2 aromatic rings. The van der Waals surface area contributed by atoms with Crippen LogP contribution in [0.3, 0.4) is 0 Å². The second-order valence-electron chi connectivity index (χ2n) is 6.56. The van der Waals surface area contributed by atoms with Crippen molar-refractivity contribution in [3.8, 4) is 0 Å². The first kappa shape index (κ1) is 19.7. The highest BCUT2D eigenvalue weighted by Gasteiger charge is 2.32. The van der Waals surface area contributed by atoms with Crippen molar-refractivity contribution >= 4 is 29.3 Å². The Morgan fingerprint density at radius 2 is 1.79 bits per heavy atom. The van der Waals surface area contributed by atoms with Gasteiger partial charge in [-0.2, -0.15) is 5.01 Å². The summed E-state index contributed by atoms with van der Waals surface area (Å²) in [6.45, 7) is 10.6. The fourth-order valence-corrected chi connectivity index (χ4v) is 3.27. The van der Waals surface area contributed by atoms with Crippen LogP contribution in [0.5, 0.6) is 0 Å². The number of ether oxygens (including phenoxy) is 1. The molecule has 0 radical (unpaired) electrons. The van der Waals surface area contributed by atoms with E-state index < -0.39 is 0 Å². The van der Waals surface area contributed by atoms with Crippen LogP contribution >= 0.6 is 0 Å². The van der Waals surface area contributed by atoms with Crippen LogP contribution in [0.15, 0.2) is 59.2 Å².